The van der Waals surface area contributed by atoms with Gasteiger partial charge in [-0.25, -0.2) is 4.79 Å². The van der Waals surface area contributed by atoms with Crippen LogP contribution in [0.5, 0.6) is 0 Å². The third kappa shape index (κ3) is 6.92. The van der Waals surface area contributed by atoms with Crippen molar-refractivity contribution < 1.29 is 23.7 Å². The molecule has 3 rings (SSSR count). The minimum absolute atomic E-state index is 0.0728. The minimum atomic E-state index is -0.398. The fourth-order valence-corrected chi connectivity index (χ4v) is 3.62. The van der Waals surface area contributed by atoms with E-state index < -0.39 is 6.09 Å². The molecule has 0 atom stereocenters. The molecule has 0 radical (unpaired) electrons. The van der Waals surface area contributed by atoms with Crippen molar-refractivity contribution in [1.29, 1.82) is 0 Å². The van der Waals surface area contributed by atoms with Gasteiger partial charge in [0, 0.05) is 19.1 Å². The second kappa shape index (κ2) is 12.9. The van der Waals surface area contributed by atoms with Gasteiger partial charge < -0.3 is 24.3 Å². The van der Waals surface area contributed by atoms with Crippen LogP contribution in [0.3, 0.4) is 0 Å². The van der Waals surface area contributed by atoms with E-state index in [0.717, 1.165) is 0 Å². The highest BCUT2D eigenvalue weighted by atomic mass is 16.6. The van der Waals surface area contributed by atoms with Crippen molar-refractivity contribution in [3.8, 4) is 11.1 Å². The lowest BCUT2D eigenvalue weighted by Gasteiger charge is -2.14. The monoisotopic (exact) mass is 425 g/mol. The average molecular weight is 426 g/mol. The molecule has 0 unspecified atom stereocenters. The smallest absolute Gasteiger partial charge is 0.407 e. The maximum atomic E-state index is 12.1. The van der Waals surface area contributed by atoms with E-state index in [1.54, 1.807) is 6.08 Å². The maximum absolute atomic E-state index is 12.1. The van der Waals surface area contributed by atoms with Crippen LogP contribution in [0.15, 0.2) is 61.2 Å². The molecule has 6 nitrogen and oxygen atoms in total. The Balaban J connectivity index is 1.27. The standard InChI is InChI=1S/C25H31NO5/c1-2-13-28-15-17-30-18-16-29-14-7-12-26-25(27)31-19-24-22-10-5-3-8-20(22)21-9-4-6-11-23(21)24/h2-6,8-11,24H,1,7,12-19H2,(H,26,27). The molecule has 0 heterocycles. The van der Waals surface area contributed by atoms with E-state index in [0.29, 0.717) is 59.2 Å². The molecule has 2 aromatic carbocycles. The van der Waals surface area contributed by atoms with E-state index in [1.165, 1.54) is 22.3 Å². The van der Waals surface area contributed by atoms with Crippen molar-refractivity contribution in [2.45, 2.75) is 12.3 Å². The van der Waals surface area contributed by atoms with E-state index in [-0.39, 0.29) is 5.92 Å². The third-order valence-corrected chi connectivity index (χ3v) is 5.06. The van der Waals surface area contributed by atoms with Crippen LogP contribution in [-0.4, -0.2) is 58.9 Å². The van der Waals surface area contributed by atoms with Gasteiger partial charge in [0.25, 0.3) is 0 Å². The molecule has 0 aliphatic heterocycles. The van der Waals surface area contributed by atoms with E-state index in [2.05, 4.69) is 36.2 Å². The fourth-order valence-electron chi connectivity index (χ4n) is 3.62. The highest BCUT2D eigenvalue weighted by Gasteiger charge is 2.28. The van der Waals surface area contributed by atoms with Gasteiger partial charge in [-0.15, -0.1) is 6.58 Å². The van der Waals surface area contributed by atoms with E-state index >= 15 is 0 Å². The molecule has 2 aromatic rings. The fraction of sp³-hybridized carbons (Fsp3) is 0.400. The molecular formula is C25H31NO5. The first-order valence-electron chi connectivity index (χ1n) is 10.7. The van der Waals surface area contributed by atoms with E-state index in [9.17, 15) is 4.79 Å². The molecule has 0 aromatic heterocycles. The third-order valence-electron chi connectivity index (χ3n) is 5.06. The summed E-state index contributed by atoms with van der Waals surface area (Å²) >= 11 is 0. The van der Waals surface area contributed by atoms with Gasteiger partial charge in [-0.05, 0) is 28.7 Å². The van der Waals surface area contributed by atoms with Crippen LogP contribution in [0.4, 0.5) is 4.79 Å². The zero-order chi connectivity index (χ0) is 21.7. The quantitative estimate of drug-likeness (QED) is 0.364. The molecule has 6 heteroatoms. The molecule has 0 saturated carbocycles. The maximum Gasteiger partial charge on any atom is 0.407 e. The average Bonchev–Trinajstić information content (AvgIpc) is 3.12. The van der Waals surface area contributed by atoms with Crippen LogP contribution in [0.25, 0.3) is 11.1 Å². The largest absolute Gasteiger partial charge is 0.449 e. The van der Waals surface area contributed by atoms with Gasteiger partial charge in [0.05, 0.1) is 33.0 Å². The lowest BCUT2D eigenvalue weighted by molar-refractivity contribution is 0.0191. The summed E-state index contributed by atoms with van der Waals surface area (Å²) in [6.45, 7) is 7.64. The predicted molar refractivity (Wildman–Crippen MR) is 120 cm³/mol. The molecule has 166 valence electrons. The molecule has 0 saturated heterocycles. The lowest BCUT2D eigenvalue weighted by atomic mass is 9.98. The van der Waals surface area contributed by atoms with Gasteiger partial charge in [-0.1, -0.05) is 54.6 Å². The number of alkyl carbamates (subject to hydrolysis) is 1. The summed E-state index contributed by atoms with van der Waals surface area (Å²) in [6, 6.07) is 16.6. The SMILES string of the molecule is C=CCOCCOCCOCCCNC(=O)OCC1c2ccccc2-c2ccccc21. The Morgan fingerprint density at radius 2 is 1.45 bits per heavy atom. The van der Waals surface area contributed by atoms with Crippen molar-refractivity contribution in [2.75, 3.05) is 52.8 Å². The Hall–Kier alpha value is -2.67. The first kappa shape index (κ1) is 23.0. The van der Waals surface area contributed by atoms with Gasteiger partial charge >= 0.3 is 6.09 Å². The predicted octanol–water partition coefficient (Wildman–Crippen LogP) is 4.15. The van der Waals surface area contributed by atoms with Crippen molar-refractivity contribution in [3.63, 3.8) is 0 Å². The van der Waals surface area contributed by atoms with Crippen molar-refractivity contribution in [1.82, 2.24) is 5.32 Å². The first-order valence-corrected chi connectivity index (χ1v) is 10.7. The Labute approximate surface area is 184 Å². The van der Waals surface area contributed by atoms with Crippen molar-refractivity contribution >= 4 is 6.09 Å². The summed E-state index contributed by atoms with van der Waals surface area (Å²) in [5.41, 5.74) is 4.86. The molecule has 0 bridgehead atoms. The number of amides is 1. The van der Waals surface area contributed by atoms with Crippen LogP contribution in [-0.2, 0) is 18.9 Å². The second-order valence-corrected chi connectivity index (χ2v) is 7.19. The number of ether oxygens (including phenoxy) is 4. The van der Waals surface area contributed by atoms with Crippen molar-refractivity contribution in [2.24, 2.45) is 0 Å². The van der Waals surface area contributed by atoms with E-state index in [4.69, 9.17) is 18.9 Å². The van der Waals surface area contributed by atoms with Crippen LogP contribution >= 0.6 is 0 Å². The molecular weight excluding hydrogens is 394 g/mol. The Bertz CT molecular complexity index is 793. The van der Waals surface area contributed by atoms with Gasteiger partial charge in [0.2, 0.25) is 0 Å². The molecule has 1 aliphatic carbocycles. The first-order chi connectivity index (χ1) is 15.3. The summed E-state index contributed by atoms with van der Waals surface area (Å²) < 4.78 is 21.6. The molecule has 1 amide bonds. The highest BCUT2D eigenvalue weighted by Crippen LogP contribution is 2.44. The minimum Gasteiger partial charge on any atom is -0.449 e. The summed E-state index contributed by atoms with van der Waals surface area (Å²) in [4.78, 5) is 12.1. The number of nitrogens with one attached hydrogen (secondary N) is 1. The molecule has 1 aliphatic rings. The van der Waals surface area contributed by atoms with Gasteiger partial charge in [-0.2, -0.15) is 0 Å². The van der Waals surface area contributed by atoms with Gasteiger partial charge in [-0.3, -0.25) is 0 Å². The normalized spacial score (nSPS) is 12.3. The van der Waals surface area contributed by atoms with E-state index in [1.807, 2.05) is 24.3 Å². The van der Waals surface area contributed by atoms with Crippen molar-refractivity contribution in [3.05, 3.63) is 72.3 Å². The van der Waals surface area contributed by atoms with Crippen LogP contribution in [0.2, 0.25) is 0 Å². The molecule has 0 fully saturated rings. The molecule has 0 spiro atoms. The molecule has 1 N–H and O–H groups in total. The number of carbonyl (C=O) groups is 1. The zero-order valence-corrected chi connectivity index (χ0v) is 17.9. The number of hydrogen-bond acceptors (Lipinski definition) is 5. The summed E-state index contributed by atoms with van der Waals surface area (Å²) in [5, 5.41) is 2.79. The number of fused-ring (bicyclic) bond motifs is 3. The Morgan fingerprint density at radius 1 is 0.871 bits per heavy atom. The second-order valence-electron chi connectivity index (χ2n) is 7.19. The summed E-state index contributed by atoms with van der Waals surface area (Å²) in [6.07, 6.45) is 2.02. The van der Waals surface area contributed by atoms with Crippen LogP contribution in [0, 0.1) is 0 Å². The number of hydrogen-bond donors (Lipinski definition) is 1. The Morgan fingerprint density at radius 3 is 2.10 bits per heavy atom. The summed E-state index contributed by atoms with van der Waals surface area (Å²) in [7, 11) is 0. The highest BCUT2D eigenvalue weighted by molar-refractivity contribution is 5.79. The zero-order valence-electron chi connectivity index (χ0n) is 17.9. The summed E-state index contributed by atoms with van der Waals surface area (Å²) in [5.74, 6) is 0.0728. The van der Waals surface area contributed by atoms with Gasteiger partial charge in [0.1, 0.15) is 6.61 Å². The number of carbonyl (C=O) groups excluding carboxylic acids is 1. The lowest BCUT2D eigenvalue weighted by Crippen LogP contribution is -2.27. The molecule has 31 heavy (non-hydrogen) atoms. The Kier molecular flexibility index (Phi) is 9.57. The van der Waals surface area contributed by atoms with Crippen LogP contribution < -0.4 is 5.32 Å². The van der Waals surface area contributed by atoms with Gasteiger partial charge in [0.15, 0.2) is 0 Å². The van der Waals surface area contributed by atoms with Crippen LogP contribution in [0.1, 0.15) is 23.5 Å². The number of benzene rings is 2. The topological polar surface area (TPSA) is 66.0 Å². The number of rotatable bonds is 14.